The number of nitrogens with one attached hydrogen (secondary N) is 1. The van der Waals surface area contributed by atoms with Crippen molar-refractivity contribution >= 4 is 17.6 Å². The number of aliphatic carboxylic acids is 1. The summed E-state index contributed by atoms with van der Waals surface area (Å²) in [6.07, 6.45) is 2.89. The van der Waals surface area contributed by atoms with Crippen molar-refractivity contribution in [2.45, 2.75) is 6.54 Å². The normalized spacial score (nSPS) is 10.4. The summed E-state index contributed by atoms with van der Waals surface area (Å²) in [5, 5.41) is 14.9. The molecule has 16 heavy (non-hydrogen) atoms. The first-order valence-corrected chi connectivity index (χ1v) is 4.66. The molecule has 0 saturated carbocycles. The zero-order chi connectivity index (χ0) is 12.1. The van der Waals surface area contributed by atoms with E-state index in [1.807, 2.05) is 0 Å². The molecule has 0 aliphatic rings. The molecule has 1 aromatic heterocycles. The van der Waals surface area contributed by atoms with Gasteiger partial charge in [-0.15, -0.1) is 0 Å². The van der Waals surface area contributed by atoms with Crippen molar-refractivity contribution in [1.82, 2.24) is 14.7 Å². The first kappa shape index (κ1) is 12.2. The number of nitrogens with zero attached hydrogens (tertiary/aromatic N) is 3. The molecular weight excluding hydrogens is 212 g/mol. The van der Waals surface area contributed by atoms with Crippen LogP contribution in [0.4, 0.5) is 5.69 Å². The number of hydrogen-bond acceptors (Lipinski definition) is 4. The van der Waals surface area contributed by atoms with Crippen molar-refractivity contribution in [2.75, 3.05) is 26.0 Å². The molecule has 7 heteroatoms. The predicted molar refractivity (Wildman–Crippen MR) is 57.0 cm³/mol. The molecule has 1 rings (SSSR count). The number of carboxylic acids is 1. The largest absolute Gasteiger partial charge is 0.480 e. The van der Waals surface area contributed by atoms with Crippen LogP contribution >= 0.6 is 0 Å². The number of carbonyl (C=O) groups is 2. The summed E-state index contributed by atoms with van der Waals surface area (Å²) >= 11 is 0. The average molecular weight is 226 g/mol. The van der Waals surface area contributed by atoms with E-state index in [4.69, 9.17) is 5.11 Å². The standard InChI is InChI=1S/C9H14N4O3/c1-12(2)5-8(14)11-7-3-10-13(4-7)6-9(15)16/h3-4H,5-6H2,1-2H3,(H,11,14)(H,15,16). The second-order valence-corrected chi connectivity index (χ2v) is 3.61. The molecule has 0 bridgehead atoms. The number of carboxylic acid groups (broad SMARTS) is 1. The van der Waals surface area contributed by atoms with Crippen molar-refractivity contribution in [3.63, 3.8) is 0 Å². The maximum absolute atomic E-state index is 11.3. The van der Waals surface area contributed by atoms with E-state index in [0.29, 0.717) is 5.69 Å². The second kappa shape index (κ2) is 5.26. The highest BCUT2D eigenvalue weighted by molar-refractivity contribution is 5.91. The lowest BCUT2D eigenvalue weighted by molar-refractivity contribution is -0.137. The SMILES string of the molecule is CN(C)CC(=O)Nc1cnn(CC(=O)O)c1. The Balaban J connectivity index is 2.51. The molecule has 0 saturated heterocycles. The summed E-state index contributed by atoms with van der Waals surface area (Å²) < 4.78 is 1.24. The van der Waals surface area contributed by atoms with Gasteiger partial charge in [0.05, 0.1) is 18.4 Å². The zero-order valence-electron chi connectivity index (χ0n) is 9.17. The Kier molecular flexibility index (Phi) is 4.01. The van der Waals surface area contributed by atoms with Gasteiger partial charge in [0, 0.05) is 6.20 Å². The van der Waals surface area contributed by atoms with Crippen LogP contribution in [0.15, 0.2) is 12.4 Å². The van der Waals surface area contributed by atoms with E-state index in [2.05, 4.69) is 10.4 Å². The molecule has 2 N–H and O–H groups in total. The summed E-state index contributed by atoms with van der Waals surface area (Å²) in [4.78, 5) is 23.5. The lowest BCUT2D eigenvalue weighted by Gasteiger charge is -2.08. The quantitative estimate of drug-likeness (QED) is 0.704. The van der Waals surface area contributed by atoms with Crippen LogP contribution in [0.5, 0.6) is 0 Å². The van der Waals surface area contributed by atoms with Gasteiger partial charge in [-0.05, 0) is 14.1 Å². The molecular formula is C9H14N4O3. The number of rotatable bonds is 5. The molecule has 88 valence electrons. The van der Waals surface area contributed by atoms with E-state index in [-0.39, 0.29) is 19.0 Å². The fraction of sp³-hybridized carbons (Fsp3) is 0.444. The topological polar surface area (TPSA) is 87.5 Å². The van der Waals surface area contributed by atoms with Gasteiger partial charge < -0.3 is 15.3 Å². The predicted octanol–water partition coefficient (Wildman–Crippen LogP) is -0.532. The molecule has 0 radical (unpaired) electrons. The number of hydrogen-bond donors (Lipinski definition) is 2. The van der Waals surface area contributed by atoms with Crippen molar-refractivity contribution < 1.29 is 14.7 Å². The van der Waals surface area contributed by atoms with Crippen molar-refractivity contribution in [1.29, 1.82) is 0 Å². The molecule has 0 aliphatic carbocycles. The molecule has 1 amide bonds. The van der Waals surface area contributed by atoms with Gasteiger partial charge in [-0.25, -0.2) is 0 Å². The molecule has 7 nitrogen and oxygen atoms in total. The highest BCUT2D eigenvalue weighted by Gasteiger charge is 2.06. The molecule has 0 atom stereocenters. The van der Waals surface area contributed by atoms with E-state index in [1.165, 1.54) is 17.1 Å². The minimum absolute atomic E-state index is 0.167. The number of likely N-dealkylation sites (N-methyl/N-ethyl adjacent to an activating group) is 1. The third-order valence-electron chi connectivity index (χ3n) is 1.67. The first-order valence-electron chi connectivity index (χ1n) is 4.66. The van der Waals surface area contributed by atoms with Gasteiger partial charge in [-0.3, -0.25) is 14.3 Å². The van der Waals surface area contributed by atoms with Crippen LogP contribution in [-0.4, -0.2) is 52.3 Å². The Morgan fingerprint density at radius 3 is 2.81 bits per heavy atom. The Bertz CT molecular complexity index is 386. The van der Waals surface area contributed by atoms with E-state index >= 15 is 0 Å². The van der Waals surface area contributed by atoms with E-state index < -0.39 is 5.97 Å². The fourth-order valence-electron chi connectivity index (χ4n) is 1.14. The van der Waals surface area contributed by atoms with Gasteiger partial charge >= 0.3 is 5.97 Å². The molecule has 0 aromatic carbocycles. The Morgan fingerprint density at radius 1 is 1.56 bits per heavy atom. The van der Waals surface area contributed by atoms with Gasteiger partial charge in [0.25, 0.3) is 0 Å². The van der Waals surface area contributed by atoms with Gasteiger partial charge in [-0.1, -0.05) is 0 Å². The van der Waals surface area contributed by atoms with Gasteiger partial charge in [0.1, 0.15) is 6.54 Å². The summed E-state index contributed by atoms with van der Waals surface area (Å²) in [6.45, 7) is 0.0493. The van der Waals surface area contributed by atoms with Crippen LogP contribution in [0, 0.1) is 0 Å². The maximum Gasteiger partial charge on any atom is 0.325 e. The van der Waals surface area contributed by atoms with Crippen molar-refractivity contribution in [3.8, 4) is 0 Å². The van der Waals surface area contributed by atoms with E-state index in [9.17, 15) is 9.59 Å². The molecule has 0 unspecified atom stereocenters. The van der Waals surface area contributed by atoms with Crippen LogP contribution in [0.3, 0.4) is 0 Å². The smallest absolute Gasteiger partial charge is 0.325 e. The van der Waals surface area contributed by atoms with Gasteiger partial charge in [-0.2, -0.15) is 5.10 Å². The fourth-order valence-corrected chi connectivity index (χ4v) is 1.14. The minimum atomic E-state index is -0.978. The Labute approximate surface area is 92.7 Å². The van der Waals surface area contributed by atoms with Gasteiger partial charge in [0.15, 0.2) is 0 Å². The number of carbonyl (C=O) groups excluding carboxylic acids is 1. The number of anilines is 1. The van der Waals surface area contributed by atoms with Crippen LogP contribution in [0.2, 0.25) is 0 Å². The average Bonchev–Trinajstić information content (AvgIpc) is 2.49. The van der Waals surface area contributed by atoms with Crippen LogP contribution in [0.25, 0.3) is 0 Å². The minimum Gasteiger partial charge on any atom is -0.480 e. The maximum atomic E-state index is 11.3. The highest BCUT2D eigenvalue weighted by atomic mass is 16.4. The summed E-state index contributed by atoms with van der Waals surface area (Å²) in [5.41, 5.74) is 0.494. The number of aromatic nitrogens is 2. The van der Waals surface area contributed by atoms with Crippen molar-refractivity contribution in [2.24, 2.45) is 0 Å². The number of amides is 1. The Morgan fingerprint density at radius 2 is 2.25 bits per heavy atom. The molecule has 0 fully saturated rings. The van der Waals surface area contributed by atoms with E-state index in [0.717, 1.165) is 0 Å². The zero-order valence-corrected chi connectivity index (χ0v) is 9.17. The summed E-state index contributed by atoms with van der Waals surface area (Å²) in [5.74, 6) is -1.14. The second-order valence-electron chi connectivity index (χ2n) is 3.61. The molecule has 0 aliphatic heterocycles. The molecule has 1 heterocycles. The van der Waals surface area contributed by atoms with Crippen molar-refractivity contribution in [3.05, 3.63) is 12.4 Å². The summed E-state index contributed by atoms with van der Waals surface area (Å²) in [7, 11) is 3.57. The Hall–Kier alpha value is -1.89. The molecule has 0 spiro atoms. The lowest BCUT2D eigenvalue weighted by Crippen LogP contribution is -2.26. The third-order valence-corrected chi connectivity index (χ3v) is 1.67. The van der Waals surface area contributed by atoms with Crippen LogP contribution in [0.1, 0.15) is 0 Å². The molecule has 1 aromatic rings. The summed E-state index contributed by atoms with van der Waals surface area (Å²) in [6, 6.07) is 0. The van der Waals surface area contributed by atoms with E-state index in [1.54, 1.807) is 19.0 Å². The highest BCUT2D eigenvalue weighted by Crippen LogP contribution is 2.04. The van der Waals surface area contributed by atoms with Crippen LogP contribution in [-0.2, 0) is 16.1 Å². The third kappa shape index (κ3) is 4.09. The van der Waals surface area contributed by atoms with Crippen LogP contribution < -0.4 is 5.32 Å². The lowest BCUT2D eigenvalue weighted by atomic mass is 10.5. The van der Waals surface area contributed by atoms with Gasteiger partial charge in [0.2, 0.25) is 5.91 Å². The first-order chi connectivity index (χ1) is 7.47. The monoisotopic (exact) mass is 226 g/mol.